The molecule has 92 valence electrons. The number of rotatable bonds is 4. The van der Waals surface area contributed by atoms with Gasteiger partial charge in [-0.1, -0.05) is 6.08 Å². The molecule has 2 N–H and O–H groups in total. The van der Waals surface area contributed by atoms with E-state index in [4.69, 9.17) is 5.11 Å². The van der Waals surface area contributed by atoms with Gasteiger partial charge in [-0.05, 0) is 26.7 Å². The maximum atomic E-state index is 11.9. The third kappa shape index (κ3) is 2.83. The molecule has 1 heterocycles. The number of hydrogen-bond acceptors (Lipinski definition) is 3. The number of carbonyl (C=O) groups is 1. The maximum Gasteiger partial charge on any atom is 0.237 e. The van der Waals surface area contributed by atoms with Crippen molar-refractivity contribution in [2.45, 2.75) is 38.3 Å². The lowest BCUT2D eigenvalue weighted by molar-refractivity contribution is -0.127. The fourth-order valence-corrected chi connectivity index (χ4v) is 2.24. The van der Waals surface area contributed by atoms with Crippen molar-refractivity contribution in [3.05, 3.63) is 12.7 Å². The van der Waals surface area contributed by atoms with E-state index in [1.807, 2.05) is 6.08 Å². The Bertz CT molecular complexity index is 264. The first kappa shape index (κ1) is 13.2. The van der Waals surface area contributed by atoms with Gasteiger partial charge in [-0.25, -0.2) is 0 Å². The molecule has 0 aromatic heterocycles. The van der Waals surface area contributed by atoms with Crippen molar-refractivity contribution in [1.82, 2.24) is 10.2 Å². The normalized spacial score (nSPS) is 25.9. The summed E-state index contributed by atoms with van der Waals surface area (Å²) in [6, 6.07) is -0.250. The zero-order valence-electron chi connectivity index (χ0n) is 10.2. The molecule has 1 atom stereocenters. The van der Waals surface area contributed by atoms with Crippen LogP contribution in [0.2, 0.25) is 0 Å². The molecule has 1 unspecified atom stereocenters. The molecule has 16 heavy (non-hydrogen) atoms. The van der Waals surface area contributed by atoms with Crippen molar-refractivity contribution in [1.29, 1.82) is 0 Å². The van der Waals surface area contributed by atoms with E-state index in [-0.39, 0.29) is 24.1 Å². The van der Waals surface area contributed by atoms with Gasteiger partial charge in [-0.2, -0.15) is 0 Å². The molecule has 0 spiro atoms. The van der Waals surface area contributed by atoms with E-state index in [1.54, 1.807) is 0 Å². The lowest BCUT2D eigenvalue weighted by Crippen LogP contribution is -2.52. The fourth-order valence-electron chi connectivity index (χ4n) is 2.24. The molecule has 0 radical (unpaired) electrons. The Kier molecular flexibility index (Phi) is 4.50. The summed E-state index contributed by atoms with van der Waals surface area (Å²) in [5, 5.41) is 11.9. The van der Waals surface area contributed by atoms with Crippen LogP contribution < -0.4 is 5.32 Å². The summed E-state index contributed by atoms with van der Waals surface area (Å²) < 4.78 is 0. The van der Waals surface area contributed by atoms with Gasteiger partial charge in [-0.15, -0.1) is 6.58 Å². The van der Waals surface area contributed by atoms with Crippen LogP contribution in [0.4, 0.5) is 0 Å². The Balaban J connectivity index is 2.93. The standard InChI is InChI=1S/C12H22N2O2/c1-4-8-14-10(5-9-15)11(16)13-7-6-12(14,2)3/h4,10,15H,1,5-9H2,2-3H3,(H,13,16). The smallest absolute Gasteiger partial charge is 0.237 e. The molecule has 1 saturated heterocycles. The predicted molar refractivity (Wildman–Crippen MR) is 64.1 cm³/mol. The highest BCUT2D eigenvalue weighted by molar-refractivity contribution is 5.82. The first-order valence-corrected chi connectivity index (χ1v) is 5.79. The zero-order chi connectivity index (χ0) is 12.2. The van der Waals surface area contributed by atoms with E-state index >= 15 is 0 Å². The average molecular weight is 226 g/mol. The van der Waals surface area contributed by atoms with Crippen molar-refractivity contribution >= 4 is 5.91 Å². The Morgan fingerprint density at radius 2 is 2.38 bits per heavy atom. The summed E-state index contributed by atoms with van der Waals surface area (Å²) in [7, 11) is 0. The average Bonchev–Trinajstić information content (AvgIpc) is 2.30. The van der Waals surface area contributed by atoms with Gasteiger partial charge in [0.15, 0.2) is 0 Å². The van der Waals surface area contributed by atoms with Crippen molar-refractivity contribution in [2.24, 2.45) is 0 Å². The van der Waals surface area contributed by atoms with E-state index in [9.17, 15) is 4.79 Å². The number of amides is 1. The predicted octanol–water partition coefficient (Wildman–Crippen LogP) is 0.524. The number of aliphatic hydroxyl groups is 1. The van der Waals surface area contributed by atoms with Crippen LogP contribution in [-0.2, 0) is 4.79 Å². The van der Waals surface area contributed by atoms with Gasteiger partial charge >= 0.3 is 0 Å². The number of carbonyl (C=O) groups excluding carboxylic acids is 1. The minimum Gasteiger partial charge on any atom is -0.396 e. The summed E-state index contributed by atoms with van der Waals surface area (Å²) in [6.45, 7) is 9.38. The molecule has 0 aromatic rings. The molecule has 1 amide bonds. The van der Waals surface area contributed by atoms with Crippen LogP contribution in [0.5, 0.6) is 0 Å². The van der Waals surface area contributed by atoms with Gasteiger partial charge in [0, 0.05) is 25.2 Å². The second-order valence-electron chi connectivity index (χ2n) is 4.82. The lowest BCUT2D eigenvalue weighted by Gasteiger charge is -2.40. The molecule has 0 aliphatic carbocycles. The van der Waals surface area contributed by atoms with Crippen molar-refractivity contribution in [3.8, 4) is 0 Å². The van der Waals surface area contributed by atoms with E-state index in [2.05, 4.69) is 30.6 Å². The largest absolute Gasteiger partial charge is 0.396 e. The second-order valence-corrected chi connectivity index (χ2v) is 4.82. The van der Waals surface area contributed by atoms with E-state index < -0.39 is 0 Å². The van der Waals surface area contributed by atoms with Crippen LogP contribution >= 0.6 is 0 Å². The minimum absolute atomic E-state index is 0.0153. The second kappa shape index (κ2) is 5.46. The number of nitrogens with one attached hydrogen (secondary N) is 1. The topological polar surface area (TPSA) is 52.6 Å². The number of hydrogen-bond donors (Lipinski definition) is 2. The molecule has 0 aromatic carbocycles. The first-order chi connectivity index (χ1) is 7.53. The number of nitrogens with zero attached hydrogens (tertiary/aromatic N) is 1. The molecular weight excluding hydrogens is 204 g/mol. The highest BCUT2D eigenvalue weighted by Crippen LogP contribution is 2.25. The highest BCUT2D eigenvalue weighted by atomic mass is 16.3. The van der Waals surface area contributed by atoms with Crippen LogP contribution in [-0.4, -0.2) is 47.2 Å². The summed E-state index contributed by atoms with van der Waals surface area (Å²) >= 11 is 0. The lowest BCUT2D eigenvalue weighted by atomic mass is 9.96. The van der Waals surface area contributed by atoms with Gasteiger partial charge in [0.2, 0.25) is 5.91 Å². The van der Waals surface area contributed by atoms with Gasteiger partial charge in [0.1, 0.15) is 0 Å². The van der Waals surface area contributed by atoms with Crippen LogP contribution in [0.15, 0.2) is 12.7 Å². The molecule has 1 rings (SSSR count). The molecule has 1 fully saturated rings. The summed E-state index contributed by atoms with van der Waals surface area (Å²) in [5.74, 6) is 0.0153. The Labute approximate surface area is 97.3 Å². The van der Waals surface area contributed by atoms with E-state index in [0.717, 1.165) is 6.42 Å². The third-order valence-electron chi connectivity index (χ3n) is 3.22. The molecule has 1 aliphatic rings. The Morgan fingerprint density at radius 1 is 1.69 bits per heavy atom. The quantitative estimate of drug-likeness (QED) is 0.687. The zero-order valence-corrected chi connectivity index (χ0v) is 10.2. The van der Waals surface area contributed by atoms with Crippen molar-refractivity contribution in [2.75, 3.05) is 19.7 Å². The molecular formula is C12H22N2O2. The van der Waals surface area contributed by atoms with Gasteiger partial charge in [0.05, 0.1) is 6.04 Å². The Hall–Kier alpha value is -0.870. The summed E-state index contributed by atoms with van der Waals surface area (Å²) in [5.41, 5.74) is -0.0484. The fraction of sp³-hybridized carbons (Fsp3) is 0.750. The summed E-state index contributed by atoms with van der Waals surface area (Å²) in [6.07, 6.45) is 3.20. The molecule has 1 aliphatic heterocycles. The SMILES string of the molecule is C=CCN1C(CCO)C(=O)NCCC1(C)C. The maximum absolute atomic E-state index is 11.9. The van der Waals surface area contributed by atoms with E-state index in [1.165, 1.54) is 0 Å². The van der Waals surface area contributed by atoms with Crippen LogP contribution in [0.25, 0.3) is 0 Å². The number of aliphatic hydroxyl groups excluding tert-OH is 1. The highest BCUT2D eigenvalue weighted by Gasteiger charge is 2.37. The Morgan fingerprint density at radius 3 is 2.94 bits per heavy atom. The van der Waals surface area contributed by atoms with Gasteiger partial charge in [-0.3, -0.25) is 9.69 Å². The van der Waals surface area contributed by atoms with Crippen LogP contribution in [0.1, 0.15) is 26.7 Å². The molecule has 0 saturated carbocycles. The molecule has 4 heteroatoms. The van der Waals surface area contributed by atoms with Gasteiger partial charge in [0.25, 0.3) is 0 Å². The van der Waals surface area contributed by atoms with Crippen LogP contribution in [0.3, 0.4) is 0 Å². The minimum atomic E-state index is -0.250. The molecule has 0 bridgehead atoms. The monoisotopic (exact) mass is 226 g/mol. The van der Waals surface area contributed by atoms with E-state index in [0.29, 0.717) is 19.5 Å². The van der Waals surface area contributed by atoms with Crippen molar-refractivity contribution < 1.29 is 9.90 Å². The van der Waals surface area contributed by atoms with Crippen LogP contribution in [0, 0.1) is 0 Å². The molecule has 4 nitrogen and oxygen atoms in total. The van der Waals surface area contributed by atoms with Crippen molar-refractivity contribution in [3.63, 3.8) is 0 Å². The summed E-state index contributed by atoms with van der Waals surface area (Å²) in [4.78, 5) is 14.0. The third-order valence-corrected chi connectivity index (χ3v) is 3.22. The first-order valence-electron chi connectivity index (χ1n) is 5.79. The van der Waals surface area contributed by atoms with Gasteiger partial charge < -0.3 is 10.4 Å².